The van der Waals surface area contributed by atoms with Crippen LogP contribution in [0.4, 0.5) is 11.4 Å². The van der Waals surface area contributed by atoms with E-state index in [0.29, 0.717) is 27.9 Å². The highest BCUT2D eigenvalue weighted by molar-refractivity contribution is 6.76. The van der Waals surface area contributed by atoms with Gasteiger partial charge in [-0.25, -0.2) is 14.4 Å². The number of esters is 3. The number of nitro groups is 1. The zero-order valence-electron chi connectivity index (χ0n) is 28.0. The largest absolute Gasteiger partial charge is 0.462 e. The molecule has 0 aliphatic rings. The van der Waals surface area contributed by atoms with Crippen LogP contribution in [-0.4, -0.2) is 56.6 Å². The molecule has 0 heterocycles. The number of ether oxygens (including phenoxy) is 3. The van der Waals surface area contributed by atoms with Gasteiger partial charge in [-0.2, -0.15) is 0 Å². The molecule has 4 rings (SSSR count). The van der Waals surface area contributed by atoms with Gasteiger partial charge in [0.1, 0.15) is 0 Å². The Morgan fingerprint density at radius 3 is 1.67 bits per heavy atom. The molecule has 0 atom stereocenters. The summed E-state index contributed by atoms with van der Waals surface area (Å²) in [6.07, 6.45) is 0. The van der Waals surface area contributed by atoms with Crippen molar-refractivity contribution >= 4 is 43.3 Å². The van der Waals surface area contributed by atoms with Crippen molar-refractivity contribution in [3.63, 3.8) is 0 Å². The topological polar surface area (TPSA) is 151 Å². The Hall–Kier alpha value is -5.62. The van der Waals surface area contributed by atoms with Gasteiger partial charge in [0.15, 0.2) is 0 Å². The van der Waals surface area contributed by atoms with Gasteiger partial charge in [0.05, 0.1) is 41.4 Å². The van der Waals surface area contributed by atoms with E-state index in [1.54, 1.807) is 56.3 Å². The number of nitro benzene ring substituents is 1. The minimum Gasteiger partial charge on any atom is -0.462 e. The molecule has 1 amide bonds. The lowest BCUT2D eigenvalue weighted by Gasteiger charge is -2.16. The predicted molar refractivity (Wildman–Crippen MR) is 189 cm³/mol. The van der Waals surface area contributed by atoms with E-state index in [0.717, 1.165) is 6.04 Å². The monoisotopic (exact) mass is 682 g/mol. The normalized spacial score (nSPS) is 11.0. The molecule has 49 heavy (non-hydrogen) atoms. The van der Waals surface area contributed by atoms with E-state index >= 15 is 0 Å². The number of rotatable bonds is 13. The molecule has 11 nitrogen and oxygen atoms in total. The third-order valence-corrected chi connectivity index (χ3v) is 9.02. The summed E-state index contributed by atoms with van der Waals surface area (Å²) in [6, 6.07) is 22.6. The maximum atomic E-state index is 13.6. The first-order chi connectivity index (χ1) is 23.3. The van der Waals surface area contributed by atoms with Gasteiger partial charge in [-0.3, -0.25) is 14.9 Å². The summed E-state index contributed by atoms with van der Waals surface area (Å²) < 4.78 is 15.9. The summed E-state index contributed by atoms with van der Waals surface area (Å²) in [6.45, 7) is 10.4. The van der Waals surface area contributed by atoms with Crippen LogP contribution in [-0.2, 0) is 14.2 Å². The van der Waals surface area contributed by atoms with Crippen molar-refractivity contribution in [2.24, 2.45) is 0 Å². The fourth-order valence-electron chi connectivity index (χ4n) is 4.81. The smallest absolute Gasteiger partial charge is 0.338 e. The predicted octanol–water partition coefficient (Wildman–Crippen LogP) is 8.03. The molecule has 0 saturated carbocycles. The van der Waals surface area contributed by atoms with Gasteiger partial charge in [-0.15, -0.1) is 0 Å². The second-order valence-electron chi connectivity index (χ2n) is 12.3. The van der Waals surface area contributed by atoms with Crippen molar-refractivity contribution in [1.29, 1.82) is 0 Å². The van der Waals surface area contributed by atoms with Crippen molar-refractivity contribution in [3.05, 3.63) is 117 Å². The van der Waals surface area contributed by atoms with Crippen LogP contribution in [0.2, 0.25) is 25.7 Å². The fourth-order valence-corrected chi connectivity index (χ4v) is 5.53. The summed E-state index contributed by atoms with van der Waals surface area (Å²) in [4.78, 5) is 62.9. The molecule has 0 spiro atoms. The molecule has 0 aliphatic carbocycles. The van der Waals surface area contributed by atoms with Crippen molar-refractivity contribution in [2.45, 2.75) is 39.5 Å². The Morgan fingerprint density at radius 2 is 1.14 bits per heavy atom. The highest BCUT2D eigenvalue weighted by atomic mass is 28.3. The molecule has 0 radical (unpaired) electrons. The van der Waals surface area contributed by atoms with Crippen LogP contribution < -0.4 is 5.32 Å². The Bertz CT molecular complexity index is 1900. The lowest BCUT2D eigenvalue weighted by Crippen LogP contribution is -2.22. The SMILES string of the molecule is CCOC(=O)c1cc(C(=O)Nc2cccc(-c3cc(C(=O)OCC)cc(C(=O)OCC[Si](C)(C)C)c3)c2)cc(-c2cccc([N+](=O)[O-])c2)c1. The summed E-state index contributed by atoms with van der Waals surface area (Å²) in [7, 11) is -1.45. The van der Waals surface area contributed by atoms with E-state index in [1.807, 2.05) is 0 Å². The highest BCUT2D eigenvalue weighted by Gasteiger charge is 2.20. The van der Waals surface area contributed by atoms with Crippen molar-refractivity contribution in [3.8, 4) is 22.3 Å². The maximum Gasteiger partial charge on any atom is 0.338 e. The second kappa shape index (κ2) is 16.0. The lowest BCUT2D eigenvalue weighted by molar-refractivity contribution is -0.384. The van der Waals surface area contributed by atoms with Gasteiger partial charge in [-0.05, 0) is 90.7 Å². The number of nitrogens with zero attached hydrogens (tertiary/aromatic N) is 1. The fraction of sp³-hybridized carbons (Fsp3) is 0.243. The molecule has 1 N–H and O–H groups in total. The number of anilines is 1. The first kappa shape index (κ1) is 36.2. The number of carbonyl (C=O) groups excluding carboxylic acids is 4. The molecule has 12 heteroatoms. The molecule has 0 fully saturated rings. The van der Waals surface area contributed by atoms with Crippen molar-refractivity contribution in [2.75, 3.05) is 25.1 Å². The highest BCUT2D eigenvalue weighted by Crippen LogP contribution is 2.29. The zero-order valence-corrected chi connectivity index (χ0v) is 29.0. The summed E-state index contributed by atoms with van der Waals surface area (Å²) in [5, 5.41) is 14.2. The van der Waals surface area contributed by atoms with Crippen LogP contribution in [0.25, 0.3) is 22.3 Å². The number of benzene rings is 4. The standard InChI is InChI=1S/C37H38N2O9Si/c1-6-46-35(41)29-17-26(25-11-9-13-33(23-25)39(44)45)16-28(20-29)34(40)38-32-12-8-10-24(22-32)27-18-30(36(42)47-7-2)21-31(19-27)37(43)48-14-15-49(3,4)5/h8-13,16-23H,6-7,14-15H2,1-5H3,(H,38,40). The van der Waals surface area contributed by atoms with Gasteiger partial charge in [-0.1, -0.05) is 43.9 Å². The van der Waals surface area contributed by atoms with Gasteiger partial charge >= 0.3 is 17.9 Å². The van der Waals surface area contributed by atoms with E-state index < -0.39 is 36.8 Å². The average Bonchev–Trinajstić information content (AvgIpc) is 3.07. The Balaban J connectivity index is 1.67. The van der Waals surface area contributed by atoms with E-state index in [-0.39, 0.29) is 47.8 Å². The third kappa shape index (κ3) is 9.94. The van der Waals surface area contributed by atoms with Crippen LogP contribution in [0, 0.1) is 10.1 Å². The van der Waals surface area contributed by atoms with E-state index in [1.165, 1.54) is 42.5 Å². The first-order valence-electron chi connectivity index (χ1n) is 15.8. The quantitative estimate of drug-likeness (QED) is 0.0486. The number of nitrogens with one attached hydrogen (secondary N) is 1. The summed E-state index contributed by atoms with van der Waals surface area (Å²) in [5.41, 5.74) is 2.80. The number of hydrogen-bond acceptors (Lipinski definition) is 9. The molecule has 254 valence electrons. The molecule has 0 aliphatic heterocycles. The Labute approximate surface area is 285 Å². The first-order valence-corrected chi connectivity index (χ1v) is 19.5. The third-order valence-electron chi connectivity index (χ3n) is 7.32. The molecule has 0 aromatic heterocycles. The molecule has 0 bridgehead atoms. The number of hydrogen-bond donors (Lipinski definition) is 1. The van der Waals surface area contributed by atoms with Crippen LogP contribution >= 0.6 is 0 Å². The van der Waals surface area contributed by atoms with Gasteiger partial charge in [0.2, 0.25) is 0 Å². The zero-order chi connectivity index (χ0) is 35.7. The van der Waals surface area contributed by atoms with Crippen molar-refractivity contribution in [1.82, 2.24) is 0 Å². The van der Waals surface area contributed by atoms with Crippen LogP contribution in [0.15, 0.2) is 84.9 Å². The molecule has 4 aromatic rings. The minimum absolute atomic E-state index is 0.102. The molecular weight excluding hydrogens is 644 g/mol. The lowest BCUT2D eigenvalue weighted by atomic mass is 9.98. The summed E-state index contributed by atoms with van der Waals surface area (Å²) in [5.74, 6) is -2.36. The Morgan fingerprint density at radius 1 is 0.653 bits per heavy atom. The Kier molecular flexibility index (Phi) is 11.8. The number of carbonyl (C=O) groups is 4. The van der Waals surface area contributed by atoms with E-state index in [2.05, 4.69) is 25.0 Å². The van der Waals surface area contributed by atoms with Crippen LogP contribution in [0.3, 0.4) is 0 Å². The number of amides is 1. The molecule has 0 unspecified atom stereocenters. The average molecular weight is 683 g/mol. The maximum absolute atomic E-state index is 13.6. The van der Waals surface area contributed by atoms with Crippen LogP contribution in [0.5, 0.6) is 0 Å². The second-order valence-corrected chi connectivity index (χ2v) is 17.9. The number of non-ortho nitro benzene ring substituents is 1. The van der Waals surface area contributed by atoms with E-state index in [9.17, 15) is 29.3 Å². The van der Waals surface area contributed by atoms with E-state index in [4.69, 9.17) is 14.2 Å². The summed E-state index contributed by atoms with van der Waals surface area (Å²) >= 11 is 0. The minimum atomic E-state index is -1.45. The van der Waals surface area contributed by atoms with Gasteiger partial charge < -0.3 is 19.5 Å². The van der Waals surface area contributed by atoms with Gasteiger partial charge in [0, 0.05) is 31.5 Å². The molecular formula is C37H38N2O9Si. The van der Waals surface area contributed by atoms with Gasteiger partial charge in [0.25, 0.3) is 11.6 Å². The van der Waals surface area contributed by atoms with Crippen molar-refractivity contribution < 1.29 is 38.3 Å². The molecule has 0 saturated heterocycles. The molecule has 4 aromatic carbocycles. The van der Waals surface area contributed by atoms with Crippen LogP contribution in [0.1, 0.15) is 55.3 Å².